The molecule has 0 amide bonds. The molecule has 0 saturated carbocycles. The third kappa shape index (κ3) is 2.52. The Kier molecular flexibility index (Phi) is 3.08. The second kappa shape index (κ2) is 4.68. The van der Waals surface area contributed by atoms with Crippen molar-refractivity contribution in [3.05, 3.63) is 54.1 Å². The molecule has 0 fully saturated rings. The smallest absolute Gasteiger partial charge is 0.127 e. The fourth-order valence-corrected chi connectivity index (χ4v) is 1.33. The fraction of sp³-hybridized carbons (Fsp3) is 0.0769. The third-order valence-electron chi connectivity index (χ3n) is 2.22. The zero-order valence-corrected chi connectivity index (χ0v) is 8.76. The molecule has 3 N–H and O–H groups in total. The number of ether oxygens (including phenoxy) is 1. The first-order valence-electron chi connectivity index (χ1n) is 5.01. The normalized spacial score (nSPS) is 10.1. The van der Waals surface area contributed by atoms with Crippen LogP contribution in [0.15, 0.2) is 48.5 Å². The SMILES string of the molecule is Nc1ccc(Oc2ccc(CO)cc2)cc1. The minimum atomic E-state index is 0.0438. The second-order valence-electron chi connectivity index (χ2n) is 3.47. The van der Waals surface area contributed by atoms with Gasteiger partial charge in [-0.15, -0.1) is 0 Å². The summed E-state index contributed by atoms with van der Waals surface area (Å²) in [6, 6.07) is 14.5. The molecule has 16 heavy (non-hydrogen) atoms. The second-order valence-corrected chi connectivity index (χ2v) is 3.47. The van der Waals surface area contributed by atoms with E-state index in [4.69, 9.17) is 15.6 Å². The van der Waals surface area contributed by atoms with E-state index in [9.17, 15) is 0 Å². The number of aliphatic hydroxyl groups is 1. The van der Waals surface area contributed by atoms with Crippen LogP contribution in [0.5, 0.6) is 11.5 Å². The van der Waals surface area contributed by atoms with Gasteiger partial charge in [-0.25, -0.2) is 0 Å². The van der Waals surface area contributed by atoms with Crippen LogP contribution in [0.1, 0.15) is 5.56 Å². The Morgan fingerprint density at radius 1 is 0.875 bits per heavy atom. The summed E-state index contributed by atoms with van der Waals surface area (Å²) >= 11 is 0. The minimum Gasteiger partial charge on any atom is -0.457 e. The summed E-state index contributed by atoms with van der Waals surface area (Å²) in [5.41, 5.74) is 7.15. The van der Waals surface area contributed by atoms with E-state index >= 15 is 0 Å². The quantitative estimate of drug-likeness (QED) is 0.773. The first kappa shape index (κ1) is 10.5. The number of rotatable bonds is 3. The van der Waals surface area contributed by atoms with Crippen LogP contribution in [-0.4, -0.2) is 5.11 Å². The van der Waals surface area contributed by atoms with Gasteiger partial charge in [0.1, 0.15) is 11.5 Å². The van der Waals surface area contributed by atoms with Crippen molar-refractivity contribution in [2.75, 3.05) is 5.73 Å². The fourth-order valence-electron chi connectivity index (χ4n) is 1.33. The van der Waals surface area contributed by atoms with Crippen molar-refractivity contribution in [2.24, 2.45) is 0 Å². The van der Waals surface area contributed by atoms with Crippen molar-refractivity contribution < 1.29 is 9.84 Å². The van der Waals surface area contributed by atoms with Gasteiger partial charge >= 0.3 is 0 Å². The number of benzene rings is 2. The maximum atomic E-state index is 8.89. The van der Waals surface area contributed by atoms with E-state index in [2.05, 4.69) is 0 Å². The predicted molar refractivity (Wildman–Crippen MR) is 63.3 cm³/mol. The molecule has 3 heteroatoms. The van der Waals surface area contributed by atoms with Gasteiger partial charge in [0, 0.05) is 5.69 Å². The first-order valence-corrected chi connectivity index (χ1v) is 5.01. The van der Waals surface area contributed by atoms with Crippen LogP contribution in [0, 0.1) is 0 Å². The lowest BCUT2D eigenvalue weighted by molar-refractivity contribution is 0.281. The highest BCUT2D eigenvalue weighted by Gasteiger charge is 1.97. The van der Waals surface area contributed by atoms with Crippen molar-refractivity contribution in [3.63, 3.8) is 0 Å². The number of aliphatic hydroxyl groups excluding tert-OH is 1. The Bertz CT molecular complexity index is 448. The Morgan fingerprint density at radius 2 is 1.38 bits per heavy atom. The molecule has 2 rings (SSSR count). The molecule has 0 spiro atoms. The predicted octanol–water partition coefficient (Wildman–Crippen LogP) is 2.55. The van der Waals surface area contributed by atoms with Crippen molar-refractivity contribution in [1.82, 2.24) is 0 Å². The van der Waals surface area contributed by atoms with Gasteiger partial charge in [-0.3, -0.25) is 0 Å². The van der Waals surface area contributed by atoms with E-state index < -0.39 is 0 Å². The van der Waals surface area contributed by atoms with Gasteiger partial charge in [-0.1, -0.05) is 12.1 Å². The summed E-state index contributed by atoms with van der Waals surface area (Å²) in [7, 11) is 0. The van der Waals surface area contributed by atoms with Crippen molar-refractivity contribution in [2.45, 2.75) is 6.61 Å². The highest BCUT2D eigenvalue weighted by Crippen LogP contribution is 2.22. The maximum Gasteiger partial charge on any atom is 0.127 e. The van der Waals surface area contributed by atoms with Crippen LogP contribution >= 0.6 is 0 Å². The zero-order chi connectivity index (χ0) is 11.4. The Morgan fingerprint density at radius 3 is 1.88 bits per heavy atom. The average Bonchev–Trinajstić information content (AvgIpc) is 2.33. The lowest BCUT2D eigenvalue weighted by atomic mass is 10.2. The van der Waals surface area contributed by atoms with Crippen LogP contribution in [0.4, 0.5) is 5.69 Å². The molecule has 0 aliphatic rings. The lowest BCUT2D eigenvalue weighted by Gasteiger charge is -2.06. The van der Waals surface area contributed by atoms with Crippen molar-refractivity contribution in [1.29, 1.82) is 0 Å². The van der Waals surface area contributed by atoms with Gasteiger partial charge in [0.15, 0.2) is 0 Å². The number of anilines is 1. The molecule has 0 aliphatic heterocycles. The van der Waals surface area contributed by atoms with Gasteiger partial charge in [0.2, 0.25) is 0 Å². The van der Waals surface area contributed by atoms with Gasteiger partial charge < -0.3 is 15.6 Å². The summed E-state index contributed by atoms with van der Waals surface area (Å²) in [6.07, 6.45) is 0. The molecular weight excluding hydrogens is 202 g/mol. The lowest BCUT2D eigenvalue weighted by Crippen LogP contribution is -1.87. The molecule has 3 nitrogen and oxygen atoms in total. The van der Waals surface area contributed by atoms with Gasteiger partial charge in [-0.2, -0.15) is 0 Å². The molecular formula is C13H13NO2. The van der Waals surface area contributed by atoms with E-state index in [1.54, 1.807) is 12.1 Å². The standard InChI is InChI=1S/C13H13NO2/c14-11-3-7-13(8-4-11)16-12-5-1-10(9-15)2-6-12/h1-8,15H,9,14H2. The monoisotopic (exact) mass is 215 g/mol. The molecule has 0 aliphatic carbocycles. The highest BCUT2D eigenvalue weighted by molar-refractivity contribution is 5.43. The molecule has 0 aromatic heterocycles. The van der Waals surface area contributed by atoms with E-state index in [-0.39, 0.29) is 6.61 Å². The van der Waals surface area contributed by atoms with Crippen LogP contribution in [0.3, 0.4) is 0 Å². The van der Waals surface area contributed by atoms with E-state index in [0.29, 0.717) is 5.69 Å². The summed E-state index contributed by atoms with van der Waals surface area (Å²) in [5.74, 6) is 1.48. The van der Waals surface area contributed by atoms with Gasteiger partial charge in [0.05, 0.1) is 6.61 Å². The summed E-state index contributed by atoms with van der Waals surface area (Å²) in [5, 5.41) is 8.89. The summed E-state index contributed by atoms with van der Waals surface area (Å²) < 4.78 is 5.60. The Balaban J connectivity index is 2.11. The van der Waals surface area contributed by atoms with E-state index in [1.165, 1.54) is 0 Å². The molecule has 0 radical (unpaired) electrons. The first-order chi connectivity index (χ1) is 7.78. The Hall–Kier alpha value is -2.00. The average molecular weight is 215 g/mol. The van der Waals surface area contributed by atoms with Crippen molar-refractivity contribution >= 4 is 5.69 Å². The number of hydrogen-bond acceptors (Lipinski definition) is 3. The molecule has 0 heterocycles. The summed E-state index contributed by atoms with van der Waals surface area (Å²) in [6.45, 7) is 0.0438. The zero-order valence-electron chi connectivity index (χ0n) is 8.76. The summed E-state index contributed by atoms with van der Waals surface area (Å²) in [4.78, 5) is 0. The minimum absolute atomic E-state index is 0.0438. The van der Waals surface area contributed by atoms with E-state index in [1.807, 2.05) is 36.4 Å². The molecule has 0 bridgehead atoms. The molecule has 2 aromatic carbocycles. The molecule has 0 unspecified atom stereocenters. The topological polar surface area (TPSA) is 55.5 Å². The number of nitrogens with two attached hydrogens (primary N) is 1. The van der Waals surface area contributed by atoms with Crippen molar-refractivity contribution in [3.8, 4) is 11.5 Å². The maximum absolute atomic E-state index is 8.89. The third-order valence-corrected chi connectivity index (χ3v) is 2.22. The van der Waals surface area contributed by atoms with Crippen LogP contribution in [0.25, 0.3) is 0 Å². The van der Waals surface area contributed by atoms with Crippen LogP contribution < -0.4 is 10.5 Å². The molecule has 0 atom stereocenters. The molecule has 82 valence electrons. The van der Waals surface area contributed by atoms with Gasteiger partial charge in [0.25, 0.3) is 0 Å². The van der Waals surface area contributed by atoms with E-state index in [0.717, 1.165) is 17.1 Å². The number of nitrogen functional groups attached to an aromatic ring is 1. The molecule has 0 saturated heterocycles. The molecule has 2 aromatic rings. The number of hydrogen-bond donors (Lipinski definition) is 2. The van der Waals surface area contributed by atoms with Crippen LogP contribution in [-0.2, 0) is 6.61 Å². The van der Waals surface area contributed by atoms with Gasteiger partial charge in [-0.05, 0) is 42.0 Å². The largest absolute Gasteiger partial charge is 0.457 e. The Labute approximate surface area is 94.1 Å². The van der Waals surface area contributed by atoms with Crippen LogP contribution in [0.2, 0.25) is 0 Å². The highest BCUT2D eigenvalue weighted by atomic mass is 16.5.